The Hall–Kier alpha value is -0.770. The highest BCUT2D eigenvalue weighted by atomic mass is 32.7. The summed E-state index contributed by atoms with van der Waals surface area (Å²) < 4.78 is 24.5. The molecule has 0 fully saturated rings. The summed E-state index contributed by atoms with van der Waals surface area (Å²) in [4.78, 5) is 12.4. The molecule has 0 saturated heterocycles. The van der Waals surface area contributed by atoms with Crippen LogP contribution < -0.4 is 4.52 Å². The molecule has 2 atom stereocenters. The lowest BCUT2D eigenvalue weighted by atomic mass is 9.94. The van der Waals surface area contributed by atoms with Crippen molar-refractivity contribution in [2.75, 3.05) is 12.4 Å². The monoisotopic (exact) mass is 398 g/mol. The summed E-state index contributed by atoms with van der Waals surface area (Å²) >= 11 is 1.24. The Balaban J connectivity index is 2.22. The van der Waals surface area contributed by atoms with Gasteiger partial charge in [-0.2, -0.15) is 0 Å². The van der Waals surface area contributed by atoms with Crippen molar-refractivity contribution in [3.8, 4) is 5.75 Å². The third kappa shape index (κ3) is 5.61. The minimum absolute atomic E-state index is 0.164. The Kier molecular flexibility index (Phi) is 8.72. The van der Waals surface area contributed by atoms with Gasteiger partial charge in [0.2, 0.25) is 0 Å². The van der Waals surface area contributed by atoms with Crippen molar-refractivity contribution in [2.45, 2.75) is 71.6 Å². The first-order valence-corrected chi connectivity index (χ1v) is 12.9. The highest BCUT2D eigenvalue weighted by Gasteiger charge is 2.35. The van der Waals surface area contributed by atoms with Gasteiger partial charge >= 0.3 is 6.80 Å². The summed E-state index contributed by atoms with van der Waals surface area (Å²) in [5.41, 5.74) is 1.66. The van der Waals surface area contributed by atoms with Gasteiger partial charge in [0.15, 0.2) is 5.78 Å². The summed E-state index contributed by atoms with van der Waals surface area (Å²) in [5.74, 6) is 1.61. The predicted molar refractivity (Wildman–Crippen MR) is 109 cm³/mol. The fourth-order valence-corrected chi connectivity index (χ4v) is 6.82. The van der Waals surface area contributed by atoms with E-state index in [1.807, 2.05) is 32.0 Å². The van der Waals surface area contributed by atoms with E-state index in [0.29, 0.717) is 24.5 Å². The van der Waals surface area contributed by atoms with Gasteiger partial charge in [0.25, 0.3) is 0 Å². The first-order chi connectivity index (χ1) is 12.5. The summed E-state index contributed by atoms with van der Waals surface area (Å²) in [6.45, 7) is 3.12. The highest BCUT2D eigenvalue weighted by Crippen LogP contribution is 2.61. The van der Waals surface area contributed by atoms with Gasteiger partial charge in [-0.05, 0) is 43.1 Å². The van der Waals surface area contributed by atoms with Crippen molar-refractivity contribution < 1.29 is 18.4 Å². The quantitative estimate of drug-likeness (QED) is 0.280. The summed E-state index contributed by atoms with van der Waals surface area (Å²) in [7, 11) is 0. The molecule has 1 aliphatic carbocycles. The molecule has 0 saturated carbocycles. The van der Waals surface area contributed by atoms with Crippen molar-refractivity contribution in [3.05, 3.63) is 29.3 Å². The van der Waals surface area contributed by atoms with E-state index in [4.69, 9.17) is 9.05 Å². The molecule has 0 heterocycles. The summed E-state index contributed by atoms with van der Waals surface area (Å²) in [5, 5.41) is 0. The van der Waals surface area contributed by atoms with Crippen LogP contribution in [0.25, 0.3) is 0 Å². The number of benzene rings is 1. The van der Waals surface area contributed by atoms with Gasteiger partial charge in [0.05, 0.1) is 6.61 Å². The number of Topliss-reactive ketones (excluding diaryl/α,β-unsaturated/α-hetero) is 1. The van der Waals surface area contributed by atoms with Crippen molar-refractivity contribution in [1.29, 1.82) is 0 Å². The Bertz CT molecular complexity index is 647. The van der Waals surface area contributed by atoms with Crippen LogP contribution in [0.5, 0.6) is 5.75 Å². The number of carbonyl (C=O) groups is 1. The molecule has 2 rings (SSSR count). The molecule has 146 valence electrons. The van der Waals surface area contributed by atoms with E-state index >= 15 is 0 Å². The third-order valence-corrected chi connectivity index (χ3v) is 8.50. The second-order valence-electron chi connectivity index (χ2n) is 6.68. The van der Waals surface area contributed by atoms with Crippen LogP contribution in [-0.2, 0) is 9.09 Å². The van der Waals surface area contributed by atoms with Crippen LogP contribution in [-0.4, -0.2) is 18.1 Å². The molecule has 4 nitrogen and oxygen atoms in total. The van der Waals surface area contributed by atoms with E-state index in [0.717, 1.165) is 30.4 Å². The maximum atomic E-state index is 13.1. The molecule has 26 heavy (non-hydrogen) atoms. The molecular weight excluding hydrogens is 367 g/mol. The van der Waals surface area contributed by atoms with E-state index < -0.39 is 6.80 Å². The Morgan fingerprint density at radius 3 is 2.65 bits per heavy atom. The fourth-order valence-electron chi connectivity index (χ4n) is 3.36. The molecule has 0 aromatic heterocycles. The van der Waals surface area contributed by atoms with E-state index in [1.165, 1.54) is 30.6 Å². The van der Waals surface area contributed by atoms with Crippen LogP contribution in [0.1, 0.15) is 87.6 Å². The molecule has 0 radical (unpaired) electrons. The molecule has 1 aromatic carbocycles. The van der Waals surface area contributed by atoms with Crippen molar-refractivity contribution in [2.24, 2.45) is 0 Å². The van der Waals surface area contributed by atoms with E-state index in [-0.39, 0.29) is 11.7 Å². The molecule has 0 bridgehead atoms. The van der Waals surface area contributed by atoms with Crippen molar-refractivity contribution in [3.63, 3.8) is 0 Å². The van der Waals surface area contributed by atoms with Crippen LogP contribution in [0.3, 0.4) is 0 Å². The van der Waals surface area contributed by atoms with Gasteiger partial charge in [-0.1, -0.05) is 51.7 Å². The van der Waals surface area contributed by atoms with Gasteiger partial charge < -0.3 is 4.52 Å². The Morgan fingerprint density at radius 1 is 1.15 bits per heavy atom. The molecule has 1 aliphatic rings. The normalized spacial score (nSPS) is 18.6. The second-order valence-corrected chi connectivity index (χ2v) is 10.8. The van der Waals surface area contributed by atoms with Crippen LogP contribution in [0.4, 0.5) is 0 Å². The topological polar surface area (TPSA) is 52.6 Å². The van der Waals surface area contributed by atoms with Gasteiger partial charge in [-0.3, -0.25) is 9.32 Å². The third-order valence-electron chi connectivity index (χ3n) is 4.56. The second kappa shape index (κ2) is 10.5. The van der Waals surface area contributed by atoms with Crippen molar-refractivity contribution in [1.82, 2.24) is 0 Å². The number of fused-ring (bicyclic) bond motifs is 1. The lowest BCUT2D eigenvalue weighted by molar-refractivity contribution is 0.0988. The largest absolute Gasteiger partial charge is 0.440 e. The van der Waals surface area contributed by atoms with Crippen LogP contribution in [0.15, 0.2) is 18.2 Å². The molecule has 0 spiro atoms. The first-order valence-electron chi connectivity index (χ1n) is 9.79. The Morgan fingerprint density at radius 2 is 1.96 bits per heavy atom. The van der Waals surface area contributed by atoms with E-state index in [2.05, 4.69) is 6.92 Å². The minimum Gasteiger partial charge on any atom is -0.417 e. The van der Waals surface area contributed by atoms with E-state index in [9.17, 15) is 9.36 Å². The smallest absolute Gasteiger partial charge is 0.417 e. The lowest BCUT2D eigenvalue weighted by Crippen LogP contribution is -2.01. The van der Waals surface area contributed by atoms with Crippen LogP contribution in [0, 0.1) is 0 Å². The van der Waals surface area contributed by atoms with Gasteiger partial charge in [-0.25, -0.2) is 4.57 Å². The lowest BCUT2D eigenvalue weighted by Gasteiger charge is -2.21. The van der Waals surface area contributed by atoms with Crippen molar-refractivity contribution >= 4 is 24.0 Å². The number of unbranched alkanes of at least 4 members (excludes halogenated alkanes) is 3. The van der Waals surface area contributed by atoms with Crippen LogP contribution in [0.2, 0.25) is 0 Å². The van der Waals surface area contributed by atoms with Gasteiger partial charge in [0, 0.05) is 23.3 Å². The van der Waals surface area contributed by atoms with Crippen LogP contribution >= 0.6 is 18.2 Å². The van der Waals surface area contributed by atoms with Gasteiger partial charge in [0.1, 0.15) is 5.75 Å². The Labute approximate surface area is 161 Å². The zero-order valence-corrected chi connectivity index (χ0v) is 17.9. The molecule has 0 aliphatic heterocycles. The predicted octanol–water partition coefficient (Wildman–Crippen LogP) is 6.99. The molecule has 0 N–H and O–H groups in total. The number of hydrogen-bond donors (Lipinski definition) is 0. The summed E-state index contributed by atoms with van der Waals surface area (Å²) in [6.07, 6.45) is 7.11. The number of rotatable bonds is 12. The molecule has 0 amide bonds. The molecule has 1 aromatic rings. The molecule has 6 heteroatoms. The summed E-state index contributed by atoms with van der Waals surface area (Å²) in [6, 6.07) is 5.50. The maximum absolute atomic E-state index is 13.1. The average molecular weight is 399 g/mol. The molecular formula is C20H31O4PS. The number of hydrogen-bond acceptors (Lipinski definition) is 5. The first kappa shape index (κ1) is 21.5. The molecule has 2 unspecified atom stereocenters. The number of ketones is 1. The SMILES string of the molecule is CCCCCCC1CC(=O)c2cccc(OP(=O)(OCC)SCCC)c21. The van der Waals surface area contributed by atoms with E-state index in [1.54, 1.807) is 0 Å². The highest BCUT2D eigenvalue weighted by molar-refractivity contribution is 8.55. The number of carbonyl (C=O) groups excluding carboxylic acids is 1. The maximum Gasteiger partial charge on any atom is 0.440 e. The zero-order valence-electron chi connectivity index (χ0n) is 16.2. The zero-order chi connectivity index (χ0) is 19.0. The fraction of sp³-hybridized carbons (Fsp3) is 0.650. The van der Waals surface area contributed by atoms with Gasteiger partial charge in [-0.15, -0.1) is 0 Å². The minimum atomic E-state index is -3.27. The standard InChI is InChI=1S/C20H31O4PS/c1-4-7-8-9-11-16-15-18(21)17-12-10-13-19(20(16)17)24-25(22,23-6-3)26-14-5-2/h10,12-13,16H,4-9,11,14-15H2,1-3H3. The average Bonchev–Trinajstić information content (AvgIpc) is 2.94.